The summed E-state index contributed by atoms with van der Waals surface area (Å²) < 4.78 is 22.3. The number of urea groups is 1. The lowest BCUT2D eigenvalue weighted by Gasteiger charge is -2.28. The van der Waals surface area contributed by atoms with Gasteiger partial charge in [0.1, 0.15) is 30.8 Å². The molecule has 21 heteroatoms. The molecule has 59 heavy (non-hydrogen) atoms. The number of hydrogen-bond acceptors (Lipinski definition) is 13. The second kappa shape index (κ2) is 26.5. The number of carbonyl (C=O) groups is 9. The molecule has 2 saturated heterocycles. The van der Waals surface area contributed by atoms with Crippen molar-refractivity contribution in [2.45, 2.75) is 145 Å². The molecule has 0 aliphatic carbocycles. The monoisotopic (exact) mass is 859 g/mol. The summed E-state index contributed by atoms with van der Waals surface area (Å²) in [4.78, 5) is 113. The van der Waals surface area contributed by atoms with Crippen LogP contribution < -0.4 is 37.2 Å². The summed E-state index contributed by atoms with van der Waals surface area (Å²) in [5.74, 6) is -5.67. The molecule has 0 radical (unpaired) electrons. The summed E-state index contributed by atoms with van der Waals surface area (Å²) in [6, 6.07) is -5.77. The number of aliphatic hydroxyl groups is 1. The minimum atomic E-state index is -1.75. The van der Waals surface area contributed by atoms with Crippen LogP contribution in [0.4, 0.5) is 9.18 Å². The Bertz CT molecular complexity index is 1470. The van der Waals surface area contributed by atoms with Gasteiger partial charge in [0.2, 0.25) is 29.5 Å². The lowest BCUT2D eigenvalue weighted by Crippen LogP contribution is -2.60. The normalized spacial score (nSPS) is 19.8. The van der Waals surface area contributed by atoms with Crippen LogP contribution in [0.15, 0.2) is 0 Å². The number of alkyl halides is 1. The molecule has 2 heterocycles. The first-order chi connectivity index (χ1) is 28.0. The first kappa shape index (κ1) is 50.6. The Kier molecular flexibility index (Phi) is 22.8. The quantitative estimate of drug-likeness (QED) is 0.0288. The molecule has 0 saturated carbocycles. The van der Waals surface area contributed by atoms with Gasteiger partial charge in [-0.15, -0.1) is 0 Å². The van der Waals surface area contributed by atoms with Gasteiger partial charge in [0.05, 0.1) is 38.8 Å². The molecule has 334 valence electrons. The summed E-state index contributed by atoms with van der Waals surface area (Å²) in [7, 11) is 2.15. The van der Waals surface area contributed by atoms with E-state index in [9.17, 15) is 52.6 Å². The van der Waals surface area contributed by atoms with Crippen molar-refractivity contribution < 1.29 is 62.1 Å². The Balaban J connectivity index is 1.89. The highest BCUT2D eigenvalue weighted by molar-refractivity contribution is 8.00. The van der Waals surface area contributed by atoms with Crippen LogP contribution >= 0.6 is 11.8 Å². The minimum absolute atomic E-state index is 0.0458. The molecule has 2 aliphatic heterocycles. The van der Waals surface area contributed by atoms with Crippen molar-refractivity contribution in [2.24, 2.45) is 5.92 Å². The summed E-state index contributed by atoms with van der Waals surface area (Å²) in [6.07, 6.45) is 2.32. The highest BCUT2D eigenvalue weighted by Crippen LogP contribution is 2.33. The maximum Gasteiger partial charge on any atom is 0.315 e. The van der Waals surface area contributed by atoms with Crippen LogP contribution in [0.3, 0.4) is 0 Å². The van der Waals surface area contributed by atoms with E-state index in [2.05, 4.69) is 46.7 Å². The first-order valence-corrected chi connectivity index (χ1v) is 21.2. The number of carbonyl (C=O) groups excluding carboxylic acids is 9. The van der Waals surface area contributed by atoms with Gasteiger partial charge in [-0.2, -0.15) is 11.8 Å². The van der Waals surface area contributed by atoms with E-state index in [0.29, 0.717) is 43.9 Å². The maximum atomic E-state index is 13.6. The predicted octanol–water partition coefficient (Wildman–Crippen LogP) is -0.190. The van der Waals surface area contributed by atoms with Crippen LogP contribution in [-0.2, 0) is 47.8 Å². The van der Waals surface area contributed by atoms with E-state index < -0.39 is 90.6 Å². The summed E-state index contributed by atoms with van der Waals surface area (Å²) in [5, 5.41) is 29.2. The van der Waals surface area contributed by atoms with Gasteiger partial charge in [-0.1, -0.05) is 33.1 Å². The maximum absolute atomic E-state index is 13.6. The summed E-state index contributed by atoms with van der Waals surface area (Å²) >= 11 is 1.84. The zero-order valence-electron chi connectivity index (χ0n) is 34.5. The fraction of sp³-hybridized carbons (Fsp3) is 0.763. The minimum Gasteiger partial charge on any atom is -0.469 e. The molecule has 8 N–H and O–H groups in total. The Hall–Kier alpha value is -4.53. The molecule has 2 aliphatic rings. The Labute approximate surface area is 348 Å². The number of nitrogens with one attached hydrogen (secondary N) is 7. The number of amides is 7. The molecule has 0 spiro atoms. The van der Waals surface area contributed by atoms with Crippen LogP contribution in [0.5, 0.6) is 0 Å². The molecule has 0 aromatic heterocycles. The van der Waals surface area contributed by atoms with E-state index in [1.807, 2.05) is 11.8 Å². The number of aliphatic hydroxyl groups excluding tert-OH is 1. The number of hydrogen-bond donors (Lipinski definition) is 8. The van der Waals surface area contributed by atoms with E-state index in [-0.39, 0.29) is 43.3 Å². The topological polar surface area (TPSA) is 277 Å². The predicted molar refractivity (Wildman–Crippen MR) is 213 cm³/mol. The van der Waals surface area contributed by atoms with Crippen molar-refractivity contribution in [3.63, 3.8) is 0 Å². The second-order valence-corrected chi connectivity index (χ2v) is 16.1. The number of ketones is 1. The van der Waals surface area contributed by atoms with E-state index in [4.69, 9.17) is 0 Å². The Morgan fingerprint density at radius 2 is 1.44 bits per heavy atom. The van der Waals surface area contributed by atoms with Gasteiger partial charge in [-0.05, 0) is 44.9 Å². The van der Waals surface area contributed by atoms with Crippen molar-refractivity contribution in [1.29, 1.82) is 0 Å². The number of thioether (sulfide) groups is 1. The average molecular weight is 860 g/mol. The van der Waals surface area contributed by atoms with Crippen LogP contribution in [0.25, 0.3) is 0 Å². The standard InChI is InChI=1S/C38H62FN7O12S/c1-6-21(2)32(44-29(50)14-8-7-11-17-40-28(49)13-10-9-12-27-34-25(20-59-27)43-38(56)46-34)36(54)41-23(15-16-30(51)57-4)35(53)45-33(22(3)47)37(55)42-24(26(48)19-39)18-31(52)58-5/h21-25,27,32-34,47H,6-20H2,1-5H3,(H,40,49)(H,41,54)(H,42,55)(H,44,50)(H,45,53)(H2,43,46,56)/t21-,22-,23+,24+,25+,27+,32+,33+,34+/m1/s1. The fourth-order valence-electron chi connectivity index (χ4n) is 6.53. The van der Waals surface area contributed by atoms with E-state index in [1.165, 1.54) is 0 Å². The zero-order valence-corrected chi connectivity index (χ0v) is 35.3. The molecule has 0 unspecified atom stereocenters. The second-order valence-electron chi connectivity index (χ2n) is 14.8. The van der Waals surface area contributed by atoms with Gasteiger partial charge in [0, 0.05) is 36.8 Å². The van der Waals surface area contributed by atoms with E-state index in [1.54, 1.807) is 13.8 Å². The zero-order chi connectivity index (χ0) is 44.1. The van der Waals surface area contributed by atoms with Gasteiger partial charge < -0.3 is 51.8 Å². The molecule has 0 bridgehead atoms. The van der Waals surface area contributed by atoms with E-state index >= 15 is 0 Å². The Morgan fingerprint density at radius 1 is 0.797 bits per heavy atom. The molecule has 2 fully saturated rings. The molecule has 9 atom stereocenters. The first-order valence-electron chi connectivity index (χ1n) is 20.1. The molecule has 19 nitrogen and oxygen atoms in total. The lowest BCUT2D eigenvalue weighted by atomic mass is 9.97. The van der Waals surface area contributed by atoms with E-state index in [0.717, 1.165) is 46.2 Å². The van der Waals surface area contributed by atoms with Gasteiger partial charge in [-0.25, -0.2) is 9.18 Å². The number of methoxy groups -OCH3 is 2. The Morgan fingerprint density at radius 3 is 2.08 bits per heavy atom. The number of ether oxygens (including phenoxy) is 2. The highest BCUT2D eigenvalue weighted by atomic mass is 32.2. The fourth-order valence-corrected chi connectivity index (χ4v) is 8.07. The van der Waals surface area contributed by atoms with Gasteiger partial charge in [0.25, 0.3) is 0 Å². The smallest absolute Gasteiger partial charge is 0.315 e. The number of halogens is 1. The number of Topliss-reactive ketones (excluding diaryl/α,β-unsaturated/α-hetero) is 1. The van der Waals surface area contributed by atoms with Crippen LogP contribution in [-0.4, -0.2) is 139 Å². The van der Waals surface area contributed by atoms with Gasteiger partial charge >= 0.3 is 18.0 Å². The molecule has 0 aromatic carbocycles. The summed E-state index contributed by atoms with van der Waals surface area (Å²) in [6.45, 7) is 3.61. The molecule has 2 rings (SSSR count). The lowest BCUT2D eigenvalue weighted by molar-refractivity contribution is -0.144. The molecular formula is C38H62FN7O12S. The van der Waals surface area contributed by atoms with Crippen molar-refractivity contribution in [3.8, 4) is 0 Å². The van der Waals surface area contributed by atoms with Crippen LogP contribution in [0, 0.1) is 5.92 Å². The number of rotatable bonds is 28. The largest absolute Gasteiger partial charge is 0.469 e. The number of unbranched alkanes of at least 4 members (excludes halogenated alkanes) is 3. The SMILES string of the molecule is CC[C@@H](C)[C@H](NC(=O)CCCCCNC(=O)CCCC[C@@H]1SC[C@@H]2NC(=O)N[C@@H]21)C(=O)N[C@@H](CCC(=O)OC)C(=O)N[C@H](C(=O)N[C@@H](CC(=O)OC)C(=O)CF)[C@@H](C)O. The van der Waals surface area contributed by atoms with Crippen LogP contribution in [0.2, 0.25) is 0 Å². The number of fused-ring (bicyclic) bond motifs is 1. The third kappa shape index (κ3) is 17.7. The molecular weight excluding hydrogens is 798 g/mol. The van der Waals surface area contributed by atoms with Crippen molar-refractivity contribution in [3.05, 3.63) is 0 Å². The average Bonchev–Trinajstić information content (AvgIpc) is 3.77. The third-order valence-corrected chi connectivity index (χ3v) is 11.8. The van der Waals surface area contributed by atoms with Crippen molar-refractivity contribution in [2.75, 3.05) is 33.2 Å². The summed E-state index contributed by atoms with van der Waals surface area (Å²) in [5.41, 5.74) is 0. The third-order valence-electron chi connectivity index (χ3n) is 10.3. The van der Waals surface area contributed by atoms with Gasteiger partial charge in [0.15, 0.2) is 5.78 Å². The highest BCUT2D eigenvalue weighted by Gasteiger charge is 2.42. The van der Waals surface area contributed by atoms with Crippen molar-refractivity contribution >= 4 is 65.1 Å². The van der Waals surface area contributed by atoms with Crippen molar-refractivity contribution in [1.82, 2.24) is 37.2 Å². The van der Waals surface area contributed by atoms with Gasteiger partial charge in [-0.3, -0.25) is 38.4 Å². The molecule has 0 aromatic rings. The number of esters is 2. The molecule has 7 amide bonds. The van der Waals surface area contributed by atoms with Crippen LogP contribution in [0.1, 0.15) is 97.8 Å².